The lowest BCUT2D eigenvalue weighted by Gasteiger charge is -2.42. The molecule has 4 atom stereocenters. The Labute approximate surface area is 134 Å². The number of carbonyl (C=O) groups excluding carboxylic acids is 2. The summed E-state index contributed by atoms with van der Waals surface area (Å²) in [5.74, 6) is 0.0263. The molecule has 1 aromatic rings. The summed E-state index contributed by atoms with van der Waals surface area (Å²) in [6.45, 7) is 7.73. The van der Waals surface area contributed by atoms with E-state index in [1.54, 1.807) is 11.8 Å². The Morgan fingerprint density at radius 2 is 2.05 bits per heavy atom. The van der Waals surface area contributed by atoms with Crippen LogP contribution in [0.2, 0.25) is 4.34 Å². The van der Waals surface area contributed by atoms with E-state index >= 15 is 0 Å². The van der Waals surface area contributed by atoms with Crippen LogP contribution in [0.25, 0.3) is 0 Å². The van der Waals surface area contributed by atoms with Gasteiger partial charge in [-0.2, -0.15) is 0 Å². The Morgan fingerprint density at radius 1 is 1.38 bits per heavy atom. The molecule has 1 aliphatic rings. The molecule has 0 saturated carbocycles. The molecule has 2 amide bonds. The minimum absolute atomic E-state index is 0.00604. The second-order valence-electron chi connectivity index (χ2n) is 5.61. The monoisotopic (exact) mass is 328 g/mol. The van der Waals surface area contributed by atoms with Gasteiger partial charge in [0.25, 0.3) is 0 Å². The van der Waals surface area contributed by atoms with Crippen LogP contribution in [-0.4, -0.2) is 28.8 Å². The number of nitrogens with zero attached hydrogens (tertiary/aromatic N) is 1. The predicted molar refractivity (Wildman–Crippen MR) is 85.4 cm³/mol. The molecule has 6 heteroatoms. The summed E-state index contributed by atoms with van der Waals surface area (Å²) in [6, 6.07) is 2.69. The van der Waals surface area contributed by atoms with E-state index < -0.39 is 12.1 Å². The normalized spacial score (nSPS) is 25.7. The highest BCUT2D eigenvalue weighted by molar-refractivity contribution is 7.16. The van der Waals surface area contributed by atoms with Crippen LogP contribution in [0.3, 0.4) is 0 Å². The van der Waals surface area contributed by atoms with Crippen LogP contribution in [0.5, 0.6) is 0 Å². The molecule has 21 heavy (non-hydrogen) atoms. The van der Waals surface area contributed by atoms with Gasteiger partial charge in [-0.25, -0.2) is 0 Å². The molecule has 4 nitrogen and oxygen atoms in total. The zero-order chi connectivity index (χ0) is 15.7. The van der Waals surface area contributed by atoms with E-state index in [1.165, 1.54) is 11.3 Å². The second kappa shape index (κ2) is 6.36. The van der Waals surface area contributed by atoms with Crippen molar-refractivity contribution in [2.45, 2.75) is 52.2 Å². The first-order valence-corrected chi connectivity index (χ1v) is 8.44. The Morgan fingerprint density at radius 3 is 2.57 bits per heavy atom. The van der Waals surface area contributed by atoms with Crippen LogP contribution in [0, 0.1) is 5.92 Å². The van der Waals surface area contributed by atoms with Crippen molar-refractivity contribution in [3.8, 4) is 0 Å². The molecule has 1 N–H and O–H groups in total. The summed E-state index contributed by atoms with van der Waals surface area (Å²) in [4.78, 5) is 27.7. The molecule has 2 rings (SSSR count). The molecule has 0 aromatic carbocycles. The number of halogens is 1. The molecule has 2 heterocycles. The van der Waals surface area contributed by atoms with E-state index in [0.29, 0.717) is 4.34 Å². The molecule has 0 aliphatic carbocycles. The zero-order valence-electron chi connectivity index (χ0n) is 12.7. The molecule has 1 saturated heterocycles. The lowest BCUT2D eigenvalue weighted by atomic mass is 9.93. The number of rotatable bonds is 4. The van der Waals surface area contributed by atoms with E-state index in [9.17, 15) is 9.59 Å². The molecule has 0 radical (unpaired) electrons. The number of carbonyl (C=O) groups is 2. The van der Waals surface area contributed by atoms with E-state index in [0.717, 1.165) is 11.3 Å². The Hall–Kier alpha value is -1.07. The van der Waals surface area contributed by atoms with Crippen molar-refractivity contribution in [2.24, 2.45) is 5.92 Å². The van der Waals surface area contributed by atoms with E-state index in [-0.39, 0.29) is 23.8 Å². The second-order valence-corrected chi connectivity index (χ2v) is 7.36. The number of amides is 2. The minimum Gasteiger partial charge on any atom is -0.342 e. The van der Waals surface area contributed by atoms with Gasteiger partial charge < -0.3 is 10.2 Å². The van der Waals surface area contributed by atoms with Crippen LogP contribution in [0.1, 0.15) is 45.0 Å². The first-order chi connectivity index (χ1) is 9.86. The molecule has 1 aliphatic heterocycles. The molecule has 4 unspecified atom stereocenters. The van der Waals surface area contributed by atoms with Crippen LogP contribution in [0.15, 0.2) is 12.1 Å². The third-order valence-corrected chi connectivity index (χ3v) is 5.65. The fourth-order valence-corrected chi connectivity index (χ4v) is 3.76. The first kappa shape index (κ1) is 16.3. The van der Waals surface area contributed by atoms with Gasteiger partial charge in [-0.1, -0.05) is 31.9 Å². The highest BCUT2D eigenvalue weighted by atomic mass is 35.5. The fourth-order valence-electron chi connectivity index (χ4n) is 2.65. The molecular formula is C15H21ClN2O2S. The van der Waals surface area contributed by atoms with Crippen molar-refractivity contribution in [3.05, 3.63) is 21.3 Å². The molecule has 116 valence electrons. The smallest absolute Gasteiger partial charge is 0.246 e. The average Bonchev–Trinajstić information content (AvgIpc) is 2.88. The quantitative estimate of drug-likeness (QED) is 0.922. The van der Waals surface area contributed by atoms with Crippen molar-refractivity contribution in [2.75, 3.05) is 0 Å². The van der Waals surface area contributed by atoms with Crippen molar-refractivity contribution in [3.63, 3.8) is 0 Å². The molecule has 1 fully saturated rings. The van der Waals surface area contributed by atoms with Crippen molar-refractivity contribution in [1.29, 1.82) is 0 Å². The Balaban J connectivity index is 2.30. The number of hydrogen-bond acceptors (Lipinski definition) is 3. The molecule has 0 bridgehead atoms. The third-order valence-electron chi connectivity index (χ3n) is 4.25. The van der Waals surface area contributed by atoms with E-state index in [4.69, 9.17) is 11.6 Å². The van der Waals surface area contributed by atoms with Gasteiger partial charge in [0.2, 0.25) is 11.8 Å². The van der Waals surface area contributed by atoms with Gasteiger partial charge in [0.15, 0.2) is 0 Å². The van der Waals surface area contributed by atoms with E-state index in [2.05, 4.69) is 5.32 Å². The van der Waals surface area contributed by atoms with Gasteiger partial charge in [-0.15, -0.1) is 11.3 Å². The van der Waals surface area contributed by atoms with Crippen LogP contribution in [0.4, 0.5) is 0 Å². The molecular weight excluding hydrogens is 308 g/mol. The van der Waals surface area contributed by atoms with Crippen molar-refractivity contribution >= 4 is 34.8 Å². The molecule has 1 aromatic heterocycles. The lowest BCUT2D eigenvalue weighted by Crippen LogP contribution is -2.64. The van der Waals surface area contributed by atoms with Gasteiger partial charge in [-0.3, -0.25) is 9.59 Å². The van der Waals surface area contributed by atoms with Gasteiger partial charge in [0.1, 0.15) is 12.1 Å². The maximum absolute atomic E-state index is 12.8. The summed E-state index contributed by atoms with van der Waals surface area (Å²) in [5, 5.41) is 2.86. The highest BCUT2D eigenvalue weighted by Crippen LogP contribution is 2.33. The number of piperazine rings is 1. The Bertz CT molecular complexity index is 546. The van der Waals surface area contributed by atoms with Gasteiger partial charge in [0.05, 0.1) is 10.4 Å². The largest absolute Gasteiger partial charge is 0.342 e. The Kier molecular flexibility index (Phi) is 4.94. The topological polar surface area (TPSA) is 49.4 Å². The number of thiophene rings is 1. The fraction of sp³-hybridized carbons (Fsp3) is 0.600. The summed E-state index contributed by atoms with van der Waals surface area (Å²) in [7, 11) is 0. The average molecular weight is 329 g/mol. The predicted octanol–water partition coefficient (Wildman–Crippen LogP) is 3.22. The third kappa shape index (κ3) is 3.09. The molecule has 0 spiro atoms. The SMILES string of the molecule is CCC(C)C1NC(=O)C(C)N(C(C)c2ccc(Cl)s2)C1=O. The summed E-state index contributed by atoms with van der Waals surface area (Å²) >= 11 is 7.43. The summed E-state index contributed by atoms with van der Waals surface area (Å²) in [6.07, 6.45) is 0.845. The maximum atomic E-state index is 12.8. The number of nitrogens with one attached hydrogen (secondary N) is 1. The summed E-state index contributed by atoms with van der Waals surface area (Å²) in [5.41, 5.74) is 0. The lowest BCUT2D eigenvalue weighted by molar-refractivity contribution is -0.152. The van der Waals surface area contributed by atoms with Crippen molar-refractivity contribution in [1.82, 2.24) is 10.2 Å². The van der Waals surface area contributed by atoms with Crippen LogP contribution in [-0.2, 0) is 9.59 Å². The zero-order valence-corrected chi connectivity index (χ0v) is 14.3. The minimum atomic E-state index is -0.464. The highest BCUT2D eigenvalue weighted by Gasteiger charge is 2.42. The van der Waals surface area contributed by atoms with Crippen LogP contribution < -0.4 is 5.32 Å². The van der Waals surface area contributed by atoms with Gasteiger partial charge in [0, 0.05) is 4.88 Å². The number of hydrogen-bond donors (Lipinski definition) is 1. The summed E-state index contributed by atoms with van der Waals surface area (Å²) < 4.78 is 0.692. The van der Waals surface area contributed by atoms with Gasteiger partial charge >= 0.3 is 0 Å². The van der Waals surface area contributed by atoms with E-state index in [1.807, 2.05) is 32.9 Å². The van der Waals surface area contributed by atoms with Gasteiger partial charge in [-0.05, 0) is 31.9 Å². The first-order valence-electron chi connectivity index (χ1n) is 7.24. The maximum Gasteiger partial charge on any atom is 0.246 e. The van der Waals surface area contributed by atoms with Crippen molar-refractivity contribution < 1.29 is 9.59 Å². The standard InChI is InChI=1S/C15H21ClN2O2S/c1-5-8(2)13-15(20)18(10(4)14(19)17-13)9(3)11-6-7-12(16)21-11/h6-10,13H,5H2,1-4H3,(H,17,19). The van der Waals surface area contributed by atoms with Crippen LogP contribution >= 0.6 is 22.9 Å².